The first-order valence-corrected chi connectivity index (χ1v) is 7.77. The number of carbonyl (C=O) groups excluding carboxylic acids is 1. The molecule has 0 radical (unpaired) electrons. The third kappa shape index (κ3) is 4.40. The average Bonchev–Trinajstić information content (AvgIpc) is 2.21. The van der Waals surface area contributed by atoms with Crippen molar-refractivity contribution in [1.82, 2.24) is 5.32 Å². The molecule has 1 aromatic rings. The topological polar surface area (TPSA) is 89.3 Å². The number of sulfonamides is 1. The lowest BCUT2D eigenvalue weighted by molar-refractivity contribution is 0.0955. The van der Waals surface area contributed by atoms with Crippen LogP contribution >= 0.6 is 15.9 Å². The fourth-order valence-corrected chi connectivity index (χ4v) is 2.31. The highest BCUT2D eigenvalue weighted by molar-refractivity contribution is 9.10. The number of hydrogen-bond acceptors (Lipinski definition) is 3. The third-order valence-electron chi connectivity index (χ3n) is 2.32. The monoisotopic (exact) mass is 334 g/mol. The molecule has 0 saturated heterocycles. The fourth-order valence-electron chi connectivity index (χ4n) is 1.52. The number of aryl methyl sites for hydroxylation is 2. The van der Waals surface area contributed by atoms with Crippen LogP contribution in [-0.2, 0) is 10.0 Å². The van der Waals surface area contributed by atoms with Crippen molar-refractivity contribution >= 4 is 31.9 Å². The lowest BCUT2D eigenvalue weighted by Gasteiger charge is -2.09. The van der Waals surface area contributed by atoms with Crippen molar-refractivity contribution in [2.75, 3.05) is 12.3 Å². The van der Waals surface area contributed by atoms with Gasteiger partial charge in [-0.15, -0.1) is 0 Å². The zero-order valence-corrected chi connectivity index (χ0v) is 12.6. The number of nitrogens with two attached hydrogens (primary N) is 1. The Morgan fingerprint density at radius 1 is 1.39 bits per heavy atom. The van der Waals surface area contributed by atoms with Crippen LogP contribution in [0.4, 0.5) is 0 Å². The lowest BCUT2D eigenvalue weighted by Crippen LogP contribution is -2.31. The molecule has 1 rings (SSSR count). The Balaban J connectivity index is 2.79. The van der Waals surface area contributed by atoms with E-state index in [1.54, 1.807) is 6.07 Å². The maximum absolute atomic E-state index is 11.9. The molecule has 5 nitrogen and oxygen atoms in total. The number of primary sulfonamides is 1. The summed E-state index contributed by atoms with van der Waals surface area (Å²) < 4.78 is 22.2. The van der Waals surface area contributed by atoms with E-state index in [0.29, 0.717) is 10.0 Å². The molecule has 0 aliphatic heterocycles. The van der Waals surface area contributed by atoms with Crippen molar-refractivity contribution in [1.29, 1.82) is 0 Å². The second-order valence-electron chi connectivity index (χ2n) is 4.07. The molecule has 0 saturated carbocycles. The van der Waals surface area contributed by atoms with Crippen LogP contribution in [0.15, 0.2) is 16.6 Å². The van der Waals surface area contributed by atoms with Gasteiger partial charge in [-0.2, -0.15) is 0 Å². The summed E-state index contributed by atoms with van der Waals surface area (Å²) in [5, 5.41) is 7.37. The summed E-state index contributed by atoms with van der Waals surface area (Å²) in [5.41, 5.74) is 2.40. The maximum atomic E-state index is 11.9. The first-order chi connectivity index (χ1) is 8.20. The number of benzene rings is 1. The van der Waals surface area contributed by atoms with Crippen molar-refractivity contribution in [3.05, 3.63) is 33.3 Å². The Labute approximate surface area is 115 Å². The molecule has 0 fully saturated rings. The minimum atomic E-state index is -3.55. The van der Waals surface area contributed by atoms with Gasteiger partial charge in [0.1, 0.15) is 0 Å². The molecule has 0 aromatic heterocycles. The number of rotatable bonds is 4. The molecule has 0 aliphatic rings. The SMILES string of the molecule is Cc1cc(C)c(Br)c(C(=O)NCCS(N)(=O)=O)c1. The van der Waals surface area contributed by atoms with E-state index in [-0.39, 0.29) is 18.2 Å². The molecule has 0 spiro atoms. The van der Waals surface area contributed by atoms with Crippen molar-refractivity contribution in [2.24, 2.45) is 5.14 Å². The third-order valence-corrected chi connectivity index (χ3v) is 4.14. The van der Waals surface area contributed by atoms with Crippen LogP contribution in [0.1, 0.15) is 21.5 Å². The molecule has 18 heavy (non-hydrogen) atoms. The molecule has 0 aliphatic carbocycles. The van der Waals surface area contributed by atoms with Crippen LogP contribution < -0.4 is 10.5 Å². The maximum Gasteiger partial charge on any atom is 0.252 e. The first-order valence-electron chi connectivity index (χ1n) is 5.26. The van der Waals surface area contributed by atoms with Crippen molar-refractivity contribution < 1.29 is 13.2 Å². The van der Waals surface area contributed by atoms with Crippen LogP contribution in [0, 0.1) is 13.8 Å². The van der Waals surface area contributed by atoms with Crippen LogP contribution in [0.5, 0.6) is 0 Å². The van der Waals surface area contributed by atoms with Gasteiger partial charge in [-0.3, -0.25) is 4.79 Å². The summed E-state index contributed by atoms with van der Waals surface area (Å²) in [4.78, 5) is 11.9. The molecule has 0 bridgehead atoms. The molecule has 3 N–H and O–H groups in total. The van der Waals surface area contributed by atoms with E-state index in [9.17, 15) is 13.2 Å². The molecule has 0 atom stereocenters. The van der Waals surface area contributed by atoms with Gasteiger partial charge < -0.3 is 5.32 Å². The number of amides is 1. The van der Waals surface area contributed by atoms with E-state index in [1.165, 1.54) is 0 Å². The average molecular weight is 335 g/mol. The number of hydrogen-bond donors (Lipinski definition) is 2. The minimum absolute atomic E-state index is 0.00288. The summed E-state index contributed by atoms with van der Waals surface area (Å²) >= 11 is 3.34. The Morgan fingerprint density at radius 3 is 2.56 bits per heavy atom. The molecule has 100 valence electrons. The van der Waals surface area contributed by atoms with Gasteiger partial charge in [-0.1, -0.05) is 6.07 Å². The standard InChI is InChI=1S/C11H15BrN2O3S/c1-7-5-8(2)10(12)9(6-7)11(15)14-3-4-18(13,16)17/h5-6H,3-4H2,1-2H3,(H,14,15)(H2,13,16,17). The molecule has 0 unspecified atom stereocenters. The summed E-state index contributed by atoms with van der Waals surface area (Å²) in [6.07, 6.45) is 0. The molecule has 7 heteroatoms. The van der Waals surface area contributed by atoms with Gasteiger partial charge >= 0.3 is 0 Å². The van der Waals surface area contributed by atoms with Crippen LogP contribution in [0.2, 0.25) is 0 Å². The highest BCUT2D eigenvalue weighted by Gasteiger charge is 2.13. The van der Waals surface area contributed by atoms with Gasteiger partial charge in [0.25, 0.3) is 5.91 Å². The quantitative estimate of drug-likeness (QED) is 0.863. The predicted molar refractivity (Wildman–Crippen MR) is 73.9 cm³/mol. The summed E-state index contributed by atoms with van der Waals surface area (Å²) in [5.74, 6) is -0.599. The predicted octanol–water partition coefficient (Wildman–Crippen LogP) is 1.08. The number of halogens is 1. The Kier molecular flexibility index (Phi) is 4.89. The van der Waals surface area contributed by atoms with E-state index in [0.717, 1.165) is 11.1 Å². The molecule has 1 aromatic carbocycles. The summed E-state index contributed by atoms with van der Waals surface area (Å²) in [6, 6.07) is 3.69. The van der Waals surface area contributed by atoms with Gasteiger partial charge in [0, 0.05) is 11.0 Å². The highest BCUT2D eigenvalue weighted by atomic mass is 79.9. The summed E-state index contributed by atoms with van der Waals surface area (Å²) in [7, 11) is -3.55. The Morgan fingerprint density at radius 2 is 2.00 bits per heavy atom. The van der Waals surface area contributed by atoms with Gasteiger partial charge in [-0.05, 0) is 47.0 Å². The largest absolute Gasteiger partial charge is 0.351 e. The van der Waals surface area contributed by atoms with Gasteiger partial charge in [0.05, 0.1) is 11.3 Å². The Hall–Kier alpha value is -0.920. The molecular weight excluding hydrogens is 320 g/mol. The van der Waals surface area contributed by atoms with Crippen LogP contribution in [0.25, 0.3) is 0 Å². The fraction of sp³-hybridized carbons (Fsp3) is 0.364. The smallest absolute Gasteiger partial charge is 0.252 e. The van der Waals surface area contributed by atoms with E-state index in [1.807, 2.05) is 19.9 Å². The zero-order chi connectivity index (χ0) is 13.9. The second kappa shape index (κ2) is 5.81. The first kappa shape index (κ1) is 15.1. The van der Waals surface area contributed by atoms with E-state index in [2.05, 4.69) is 21.2 Å². The normalized spacial score (nSPS) is 11.3. The van der Waals surface area contributed by atoms with Crippen LogP contribution in [0.3, 0.4) is 0 Å². The summed E-state index contributed by atoms with van der Waals surface area (Å²) in [6.45, 7) is 3.77. The molecule has 0 heterocycles. The van der Waals surface area contributed by atoms with Crippen molar-refractivity contribution in [3.8, 4) is 0 Å². The van der Waals surface area contributed by atoms with Crippen molar-refractivity contribution in [3.63, 3.8) is 0 Å². The van der Waals surface area contributed by atoms with E-state index >= 15 is 0 Å². The van der Waals surface area contributed by atoms with Gasteiger partial charge in [0.2, 0.25) is 10.0 Å². The molecule has 1 amide bonds. The zero-order valence-electron chi connectivity index (χ0n) is 10.2. The number of nitrogens with one attached hydrogen (secondary N) is 1. The van der Waals surface area contributed by atoms with Crippen molar-refractivity contribution in [2.45, 2.75) is 13.8 Å². The highest BCUT2D eigenvalue weighted by Crippen LogP contribution is 2.22. The van der Waals surface area contributed by atoms with E-state index < -0.39 is 10.0 Å². The minimum Gasteiger partial charge on any atom is -0.351 e. The van der Waals surface area contributed by atoms with Gasteiger partial charge in [0.15, 0.2) is 0 Å². The second-order valence-corrected chi connectivity index (χ2v) is 6.59. The van der Waals surface area contributed by atoms with E-state index in [4.69, 9.17) is 5.14 Å². The lowest BCUT2D eigenvalue weighted by atomic mass is 10.1. The Bertz CT molecular complexity index is 570. The molecular formula is C11H15BrN2O3S. The van der Waals surface area contributed by atoms with Gasteiger partial charge in [-0.25, -0.2) is 13.6 Å². The van der Waals surface area contributed by atoms with Crippen LogP contribution in [-0.4, -0.2) is 26.6 Å². The number of carbonyl (C=O) groups is 1.